The Labute approximate surface area is 206 Å². The Morgan fingerprint density at radius 1 is 1.06 bits per heavy atom. The molecule has 8 heteroatoms. The minimum Gasteiger partial charge on any atom is -0.461 e. The first-order valence-electron chi connectivity index (χ1n) is 11.8. The van der Waals surface area contributed by atoms with E-state index in [1.165, 1.54) is 6.26 Å². The Morgan fingerprint density at radius 2 is 1.89 bits per heavy atom. The third-order valence-electron chi connectivity index (χ3n) is 8.52. The summed E-state index contributed by atoms with van der Waals surface area (Å²) in [4.78, 5) is 44.8. The van der Waals surface area contributed by atoms with Crippen molar-refractivity contribution >= 4 is 40.6 Å². The van der Waals surface area contributed by atoms with Crippen LogP contribution < -0.4 is 10.6 Å². The lowest BCUT2D eigenvalue weighted by atomic mass is 9.60. The van der Waals surface area contributed by atoms with Gasteiger partial charge < -0.3 is 15.1 Å². The fraction of sp³-hybridized carbons (Fsp3) is 0.296. The number of anilines is 2. The first kappa shape index (κ1) is 20.9. The fourth-order valence-electron chi connectivity index (χ4n) is 7.29. The summed E-state index contributed by atoms with van der Waals surface area (Å²) < 4.78 is 5.57. The molecule has 2 N–H and O–H groups in total. The molecule has 176 valence electrons. The Kier molecular flexibility index (Phi) is 4.08. The minimum absolute atomic E-state index is 0.138. The summed E-state index contributed by atoms with van der Waals surface area (Å²) in [6, 6.07) is 14.0. The predicted molar refractivity (Wildman–Crippen MR) is 130 cm³/mol. The molecule has 2 spiro atoms. The summed E-state index contributed by atoms with van der Waals surface area (Å²) in [6.45, 7) is 2.45. The number of benzene rings is 2. The van der Waals surface area contributed by atoms with E-state index in [4.69, 9.17) is 16.0 Å². The van der Waals surface area contributed by atoms with Crippen molar-refractivity contribution in [1.82, 2.24) is 4.90 Å². The van der Waals surface area contributed by atoms with Crippen LogP contribution in [0.1, 0.15) is 40.1 Å². The second-order valence-electron chi connectivity index (χ2n) is 9.81. The number of furan rings is 1. The van der Waals surface area contributed by atoms with Crippen molar-refractivity contribution in [3.63, 3.8) is 0 Å². The number of ketones is 1. The van der Waals surface area contributed by atoms with Crippen molar-refractivity contribution in [2.45, 2.75) is 36.8 Å². The summed E-state index contributed by atoms with van der Waals surface area (Å²) in [5, 5.41) is 6.62. The number of halogens is 1. The van der Waals surface area contributed by atoms with E-state index in [-0.39, 0.29) is 29.4 Å². The third kappa shape index (κ3) is 2.24. The summed E-state index contributed by atoms with van der Waals surface area (Å²) in [5.74, 6) is -1.80. The number of nitrogens with one attached hydrogen (secondary N) is 2. The highest BCUT2D eigenvalue weighted by molar-refractivity contribution is 6.32. The molecule has 35 heavy (non-hydrogen) atoms. The molecular formula is C27H22ClN3O4. The maximum absolute atomic E-state index is 14.4. The lowest BCUT2D eigenvalue weighted by Crippen LogP contribution is -2.55. The van der Waals surface area contributed by atoms with E-state index in [1.54, 1.807) is 18.2 Å². The van der Waals surface area contributed by atoms with Crippen LogP contribution in [-0.4, -0.2) is 35.1 Å². The second kappa shape index (κ2) is 6.83. The van der Waals surface area contributed by atoms with E-state index in [1.807, 2.05) is 37.3 Å². The largest absolute Gasteiger partial charge is 0.461 e. The average molecular weight is 488 g/mol. The van der Waals surface area contributed by atoms with Crippen LogP contribution in [0.4, 0.5) is 11.4 Å². The highest BCUT2D eigenvalue weighted by Crippen LogP contribution is 2.66. The predicted octanol–water partition coefficient (Wildman–Crippen LogP) is 4.26. The molecule has 7 nitrogen and oxygen atoms in total. The van der Waals surface area contributed by atoms with Gasteiger partial charge in [0.1, 0.15) is 11.0 Å². The first-order chi connectivity index (χ1) is 16.9. The van der Waals surface area contributed by atoms with Crippen LogP contribution >= 0.6 is 11.6 Å². The van der Waals surface area contributed by atoms with Crippen LogP contribution in [0.5, 0.6) is 0 Å². The number of fused-ring (bicyclic) bond motifs is 7. The molecule has 0 saturated carbocycles. The standard InChI is InChI=1S/C27H22ClN3O4/c1-14-17(28)11-10-16-21(14)30-25(34)27(16)23(22(32)19-8-5-13-35-19)26(20-9-4-12-31(20)27)15-6-2-3-7-18(15)29-24(26)33/h2-3,5-8,10-11,13,20,23H,4,9,12H2,1H3,(H,29,33)(H,30,34)/t20-,23+,26+,27+/m1/s1. The van der Waals surface area contributed by atoms with Gasteiger partial charge in [0.25, 0.3) is 0 Å². The normalized spacial score (nSPS) is 30.5. The van der Waals surface area contributed by atoms with E-state index in [0.717, 1.165) is 17.5 Å². The van der Waals surface area contributed by atoms with Crippen molar-refractivity contribution in [3.05, 3.63) is 82.3 Å². The van der Waals surface area contributed by atoms with E-state index in [0.29, 0.717) is 34.9 Å². The number of hydrogen-bond donors (Lipinski definition) is 2. The third-order valence-corrected chi connectivity index (χ3v) is 8.93. The molecule has 5 heterocycles. The second-order valence-corrected chi connectivity index (χ2v) is 10.2. The average Bonchev–Trinajstić information content (AvgIpc) is 3.65. The van der Waals surface area contributed by atoms with Gasteiger partial charge in [-0.25, -0.2) is 0 Å². The molecule has 4 aliphatic heterocycles. The van der Waals surface area contributed by atoms with Crippen molar-refractivity contribution < 1.29 is 18.8 Å². The quantitative estimate of drug-likeness (QED) is 0.527. The molecule has 2 amide bonds. The number of Topliss-reactive ketones (excluding diaryl/α,β-unsaturated/α-hetero) is 1. The maximum atomic E-state index is 14.4. The lowest BCUT2D eigenvalue weighted by molar-refractivity contribution is -0.128. The Balaban J connectivity index is 1.60. The number of nitrogens with zero attached hydrogens (tertiary/aromatic N) is 1. The minimum atomic E-state index is -1.37. The molecule has 4 atom stereocenters. The lowest BCUT2D eigenvalue weighted by Gasteiger charge is -2.37. The van der Waals surface area contributed by atoms with Crippen molar-refractivity contribution in [2.24, 2.45) is 5.92 Å². The molecular weight excluding hydrogens is 466 g/mol. The van der Waals surface area contributed by atoms with Gasteiger partial charge in [0.15, 0.2) is 5.76 Å². The zero-order valence-electron chi connectivity index (χ0n) is 18.9. The van der Waals surface area contributed by atoms with Crippen molar-refractivity contribution in [2.75, 3.05) is 17.2 Å². The van der Waals surface area contributed by atoms with Gasteiger partial charge >= 0.3 is 0 Å². The molecule has 4 aliphatic rings. The van der Waals surface area contributed by atoms with E-state index in [9.17, 15) is 14.4 Å². The number of carbonyl (C=O) groups excluding carboxylic acids is 3. The van der Waals surface area contributed by atoms with Crippen LogP contribution in [0.3, 0.4) is 0 Å². The van der Waals surface area contributed by atoms with Crippen LogP contribution in [0.15, 0.2) is 59.2 Å². The van der Waals surface area contributed by atoms with Gasteiger partial charge in [-0.3, -0.25) is 19.3 Å². The van der Waals surface area contributed by atoms with Gasteiger partial charge in [-0.1, -0.05) is 35.9 Å². The Hall–Kier alpha value is -3.42. The van der Waals surface area contributed by atoms with Gasteiger partial charge in [-0.15, -0.1) is 0 Å². The van der Waals surface area contributed by atoms with Crippen LogP contribution in [0, 0.1) is 12.8 Å². The Bertz CT molecular complexity index is 1450. The monoisotopic (exact) mass is 487 g/mol. The molecule has 2 aromatic carbocycles. The molecule has 1 aromatic heterocycles. The van der Waals surface area contributed by atoms with Crippen molar-refractivity contribution in [1.29, 1.82) is 0 Å². The van der Waals surface area contributed by atoms with Gasteiger partial charge in [-0.05, 0) is 61.7 Å². The highest BCUT2D eigenvalue weighted by atomic mass is 35.5. The molecule has 0 aliphatic carbocycles. The summed E-state index contributed by atoms with van der Waals surface area (Å²) in [6.07, 6.45) is 2.96. The molecule has 7 rings (SSSR count). The van der Waals surface area contributed by atoms with Crippen LogP contribution in [-0.2, 0) is 20.5 Å². The van der Waals surface area contributed by atoms with Gasteiger partial charge in [0, 0.05) is 22.3 Å². The summed E-state index contributed by atoms with van der Waals surface area (Å²) in [5.41, 5.74) is 0.879. The number of para-hydroxylation sites is 1. The fourth-order valence-corrected chi connectivity index (χ4v) is 7.45. The number of hydrogen-bond acceptors (Lipinski definition) is 5. The maximum Gasteiger partial charge on any atom is 0.250 e. The SMILES string of the molecule is Cc1c(Cl)ccc2c1NC(=O)[C@@]21[C@@H](C(=O)c2ccco2)[C@@]2(C(=O)Nc3ccccc32)[C@H]2CCCN21. The number of carbonyl (C=O) groups is 3. The van der Waals surface area contributed by atoms with Gasteiger partial charge in [0.05, 0.1) is 17.9 Å². The molecule has 0 bridgehead atoms. The van der Waals surface area contributed by atoms with Gasteiger partial charge in [0.2, 0.25) is 17.6 Å². The van der Waals surface area contributed by atoms with E-state index >= 15 is 0 Å². The van der Waals surface area contributed by atoms with Crippen LogP contribution in [0.2, 0.25) is 5.02 Å². The first-order valence-corrected chi connectivity index (χ1v) is 12.2. The number of amides is 2. The van der Waals surface area contributed by atoms with E-state index < -0.39 is 16.9 Å². The van der Waals surface area contributed by atoms with E-state index in [2.05, 4.69) is 15.5 Å². The molecule has 2 fully saturated rings. The smallest absolute Gasteiger partial charge is 0.250 e. The Morgan fingerprint density at radius 3 is 2.69 bits per heavy atom. The zero-order chi connectivity index (χ0) is 24.1. The zero-order valence-corrected chi connectivity index (χ0v) is 19.7. The molecule has 3 aromatic rings. The summed E-state index contributed by atoms with van der Waals surface area (Å²) in [7, 11) is 0. The molecule has 2 saturated heterocycles. The van der Waals surface area contributed by atoms with Crippen molar-refractivity contribution in [3.8, 4) is 0 Å². The molecule has 0 radical (unpaired) electrons. The van der Waals surface area contributed by atoms with Crippen LogP contribution in [0.25, 0.3) is 0 Å². The number of rotatable bonds is 2. The highest BCUT2D eigenvalue weighted by Gasteiger charge is 2.79. The topological polar surface area (TPSA) is 91.6 Å². The molecule has 0 unspecified atom stereocenters. The summed E-state index contributed by atoms with van der Waals surface area (Å²) >= 11 is 6.43. The van der Waals surface area contributed by atoms with Gasteiger partial charge in [-0.2, -0.15) is 0 Å².